The Morgan fingerprint density at radius 1 is 1.30 bits per heavy atom. The topological polar surface area (TPSA) is 74.3 Å². The van der Waals surface area contributed by atoms with Gasteiger partial charge in [0.2, 0.25) is 0 Å². The lowest BCUT2D eigenvalue weighted by atomic mass is 10.2. The van der Waals surface area contributed by atoms with E-state index in [0.29, 0.717) is 11.4 Å². The van der Waals surface area contributed by atoms with Crippen molar-refractivity contribution in [2.45, 2.75) is 43.3 Å². The first-order chi connectivity index (χ1) is 14.7. The summed E-state index contributed by atoms with van der Waals surface area (Å²) < 4.78 is 9.58. The number of fused-ring (bicyclic) bond motifs is 1. The normalized spacial score (nSPS) is 16.5. The largest absolute Gasteiger partial charge is 0.376 e. The Labute approximate surface area is 181 Å². The number of nitrogens with zero attached hydrogens (tertiary/aromatic N) is 5. The van der Waals surface area contributed by atoms with Gasteiger partial charge in [0.05, 0.1) is 23.2 Å². The minimum absolute atomic E-state index is 0.0700. The highest BCUT2D eigenvalue weighted by molar-refractivity contribution is 7.98. The molecule has 4 aromatic rings. The van der Waals surface area contributed by atoms with Gasteiger partial charge in [-0.1, -0.05) is 23.9 Å². The predicted octanol–water partition coefficient (Wildman–Crippen LogP) is 3.79. The molecule has 154 valence electrons. The lowest BCUT2D eigenvalue weighted by Gasteiger charge is -2.14. The van der Waals surface area contributed by atoms with Gasteiger partial charge < -0.3 is 4.74 Å². The Bertz CT molecular complexity index is 1230. The van der Waals surface area contributed by atoms with Crippen LogP contribution >= 0.6 is 23.1 Å². The van der Waals surface area contributed by atoms with Crippen LogP contribution in [0.1, 0.15) is 24.1 Å². The van der Waals surface area contributed by atoms with E-state index in [1.165, 1.54) is 0 Å². The van der Waals surface area contributed by atoms with Gasteiger partial charge in [-0.15, -0.1) is 21.5 Å². The molecular formula is C21H21N5O2S2. The van der Waals surface area contributed by atoms with E-state index in [0.717, 1.165) is 53.1 Å². The van der Waals surface area contributed by atoms with E-state index >= 15 is 0 Å². The van der Waals surface area contributed by atoms with Crippen LogP contribution in [0, 0.1) is 6.92 Å². The van der Waals surface area contributed by atoms with Crippen molar-refractivity contribution in [1.29, 1.82) is 0 Å². The Balaban J connectivity index is 1.44. The summed E-state index contributed by atoms with van der Waals surface area (Å²) in [6.45, 7) is 3.51. The zero-order chi connectivity index (χ0) is 20.5. The second-order valence-electron chi connectivity index (χ2n) is 7.29. The third-order valence-corrected chi connectivity index (χ3v) is 7.02. The van der Waals surface area contributed by atoms with E-state index in [-0.39, 0.29) is 11.7 Å². The molecule has 30 heavy (non-hydrogen) atoms. The van der Waals surface area contributed by atoms with Gasteiger partial charge in [0, 0.05) is 24.6 Å². The van der Waals surface area contributed by atoms with Gasteiger partial charge >= 0.3 is 0 Å². The van der Waals surface area contributed by atoms with Crippen LogP contribution in [0.25, 0.3) is 16.3 Å². The molecule has 1 aliphatic rings. The second kappa shape index (κ2) is 8.33. The van der Waals surface area contributed by atoms with E-state index in [1.54, 1.807) is 39.8 Å². The van der Waals surface area contributed by atoms with Gasteiger partial charge in [0.25, 0.3) is 5.56 Å². The molecule has 0 amide bonds. The fourth-order valence-corrected chi connectivity index (χ4v) is 5.22. The monoisotopic (exact) mass is 439 g/mol. The lowest BCUT2D eigenvalue weighted by molar-refractivity contribution is 0.0953. The molecule has 1 atom stereocenters. The molecule has 0 aromatic carbocycles. The molecular weight excluding hydrogens is 418 g/mol. The maximum Gasteiger partial charge on any atom is 0.258 e. The summed E-state index contributed by atoms with van der Waals surface area (Å²) in [5.74, 6) is 1.42. The fourth-order valence-electron chi connectivity index (χ4n) is 3.66. The SMILES string of the molecule is Cc1cccn2c(=O)cc(CSc3nnc(-c4cccs4)n3C[C@H]3CCCO3)nc12. The van der Waals surface area contributed by atoms with E-state index in [9.17, 15) is 4.79 Å². The Kier molecular flexibility index (Phi) is 5.41. The first kappa shape index (κ1) is 19.5. The summed E-state index contributed by atoms with van der Waals surface area (Å²) >= 11 is 3.20. The molecule has 0 radical (unpaired) electrons. The lowest BCUT2D eigenvalue weighted by Crippen LogP contribution is -2.17. The highest BCUT2D eigenvalue weighted by Gasteiger charge is 2.22. The summed E-state index contributed by atoms with van der Waals surface area (Å²) in [6, 6.07) is 9.50. The van der Waals surface area contributed by atoms with Gasteiger partial charge in [-0.2, -0.15) is 0 Å². The highest BCUT2D eigenvalue weighted by atomic mass is 32.2. The van der Waals surface area contributed by atoms with Crippen molar-refractivity contribution in [3.05, 3.63) is 63.5 Å². The molecule has 5 rings (SSSR count). The number of hydrogen-bond donors (Lipinski definition) is 0. The summed E-state index contributed by atoms with van der Waals surface area (Å²) in [5, 5.41) is 11.8. The van der Waals surface area contributed by atoms with Crippen LogP contribution in [0.15, 0.2) is 51.9 Å². The number of aryl methyl sites for hydroxylation is 1. The molecule has 4 aromatic heterocycles. The minimum atomic E-state index is -0.0700. The number of hydrogen-bond acceptors (Lipinski definition) is 7. The minimum Gasteiger partial charge on any atom is -0.376 e. The van der Waals surface area contributed by atoms with Crippen LogP contribution in [0.4, 0.5) is 0 Å². The van der Waals surface area contributed by atoms with Crippen molar-refractivity contribution in [3.63, 3.8) is 0 Å². The predicted molar refractivity (Wildman–Crippen MR) is 118 cm³/mol. The summed E-state index contributed by atoms with van der Waals surface area (Å²) in [7, 11) is 0. The summed E-state index contributed by atoms with van der Waals surface area (Å²) in [4.78, 5) is 18.3. The van der Waals surface area contributed by atoms with Crippen LogP contribution in [-0.4, -0.2) is 36.9 Å². The number of ether oxygens (including phenoxy) is 1. The van der Waals surface area contributed by atoms with Crippen molar-refractivity contribution in [2.75, 3.05) is 6.61 Å². The van der Waals surface area contributed by atoms with Gasteiger partial charge in [-0.25, -0.2) is 4.98 Å². The van der Waals surface area contributed by atoms with E-state index in [4.69, 9.17) is 9.72 Å². The first-order valence-corrected chi connectivity index (χ1v) is 11.7. The van der Waals surface area contributed by atoms with Gasteiger partial charge in [0.15, 0.2) is 11.0 Å². The molecule has 0 saturated carbocycles. The third-order valence-electron chi connectivity index (χ3n) is 5.16. The number of aromatic nitrogens is 5. The highest BCUT2D eigenvalue weighted by Crippen LogP contribution is 2.30. The number of thioether (sulfide) groups is 1. The van der Waals surface area contributed by atoms with Crippen molar-refractivity contribution in [1.82, 2.24) is 24.1 Å². The van der Waals surface area contributed by atoms with E-state index < -0.39 is 0 Å². The molecule has 1 saturated heterocycles. The molecule has 0 N–H and O–H groups in total. The van der Waals surface area contributed by atoms with Crippen molar-refractivity contribution >= 4 is 28.7 Å². The molecule has 0 unspecified atom stereocenters. The van der Waals surface area contributed by atoms with Gasteiger partial charge in [-0.05, 0) is 42.8 Å². The van der Waals surface area contributed by atoms with Crippen molar-refractivity contribution in [2.24, 2.45) is 0 Å². The molecule has 1 aliphatic heterocycles. The van der Waals surface area contributed by atoms with Crippen LogP contribution in [0.2, 0.25) is 0 Å². The van der Waals surface area contributed by atoms with Crippen LogP contribution < -0.4 is 5.56 Å². The summed E-state index contributed by atoms with van der Waals surface area (Å²) in [6.07, 6.45) is 4.08. The molecule has 5 heterocycles. The second-order valence-corrected chi connectivity index (χ2v) is 9.18. The zero-order valence-corrected chi connectivity index (χ0v) is 18.2. The van der Waals surface area contributed by atoms with E-state index in [1.807, 2.05) is 30.5 Å². The van der Waals surface area contributed by atoms with Crippen LogP contribution in [-0.2, 0) is 17.0 Å². The third kappa shape index (κ3) is 3.80. The molecule has 7 nitrogen and oxygen atoms in total. The maximum absolute atomic E-state index is 12.5. The number of rotatable bonds is 6. The standard InChI is InChI=1S/C21H21N5O2S2/c1-14-5-2-8-25-18(27)11-15(22-19(14)25)13-30-21-24-23-20(17-7-4-10-29-17)26(21)12-16-6-3-9-28-16/h2,4-5,7-8,10-11,16H,3,6,9,12-13H2,1H3/t16-/m1/s1. The quantitative estimate of drug-likeness (QED) is 0.426. The van der Waals surface area contributed by atoms with Crippen LogP contribution in [0.5, 0.6) is 0 Å². The Hall–Kier alpha value is -2.49. The average Bonchev–Trinajstić information content (AvgIpc) is 3.50. The van der Waals surface area contributed by atoms with Gasteiger partial charge in [0.1, 0.15) is 5.65 Å². The molecule has 0 aliphatic carbocycles. The van der Waals surface area contributed by atoms with Gasteiger partial charge in [-0.3, -0.25) is 13.8 Å². The van der Waals surface area contributed by atoms with Crippen LogP contribution in [0.3, 0.4) is 0 Å². The van der Waals surface area contributed by atoms with E-state index in [2.05, 4.69) is 20.8 Å². The molecule has 9 heteroatoms. The smallest absolute Gasteiger partial charge is 0.258 e. The number of thiophene rings is 1. The number of pyridine rings is 1. The summed E-state index contributed by atoms with van der Waals surface area (Å²) in [5.41, 5.74) is 2.34. The molecule has 0 spiro atoms. The molecule has 0 bridgehead atoms. The Morgan fingerprint density at radius 2 is 2.23 bits per heavy atom. The molecule has 1 fully saturated rings. The average molecular weight is 440 g/mol. The Morgan fingerprint density at radius 3 is 3.03 bits per heavy atom. The maximum atomic E-state index is 12.5. The fraction of sp³-hybridized carbons (Fsp3) is 0.333. The zero-order valence-electron chi connectivity index (χ0n) is 16.5. The first-order valence-electron chi connectivity index (χ1n) is 9.88. The van der Waals surface area contributed by atoms with Crippen molar-refractivity contribution < 1.29 is 4.74 Å². The van der Waals surface area contributed by atoms with Crippen molar-refractivity contribution in [3.8, 4) is 10.7 Å².